The molecule has 2 heterocycles. The average Bonchev–Trinajstić information content (AvgIpc) is 3.01. The number of hydrogen-bond donors (Lipinski definition) is 1. The third kappa shape index (κ3) is 2.84. The molecule has 6 nitrogen and oxygen atoms in total. The third-order valence-electron chi connectivity index (χ3n) is 3.27. The van der Waals surface area contributed by atoms with Crippen LogP contribution in [0.2, 0.25) is 0 Å². The molecule has 0 aliphatic heterocycles. The Morgan fingerprint density at radius 3 is 2.36 bits per heavy atom. The predicted octanol–water partition coefficient (Wildman–Crippen LogP) is 2.29. The Bertz CT molecular complexity index is 766. The van der Waals surface area contributed by atoms with E-state index in [1.165, 1.54) is 0 Å². The first kappa shape index (κ1) is 16.1. The molecule has 3 rings (SSSR count). The van der Waals surface area contributed by atoms with Crippen molar-refractivity contribution >= 4 is 18.1 Å². The maximum Gasteiger partial charge on any atom is 0.155 e. The van der Waals surface area contributed by atoms with Crippen molar-refractivity contribution in [1.82, 2.24) is 14.6 Å². The lowest BCUT2D eigenvalue weighted by molar-refractivity contribution is 0.394. The fourth-order valence-electron chi connectivity index (χ4n) is 2.23. The van der Waals surface area contributed by atoms with Gasteiger partial charge in [-0.3, -0.25) is 0 Å². The monoisotopic (exact) mass is 320 g/mol. The normalized spacial score (nSPS) is 10.3. The Labute approximate surface area is 134 Å². The number of nitrogens with zero attached hydrogens (tertiary/aromatic N) is 3. The molecule has 0 fully saturated rings. The van der Waals surface area contributed by atoms with Crippen LogP contribution in [0, 0.1) is 0 Å². The van der Waals surface area contributed by atoms with Gasteiger partial charge in [-0.1, -0.05) is 0 Å². The maximum atomic E-state index is 5.73. The van der Waals surface area contributed by atoms with Gasteiger partial charge in [0.05, 0.1) is 31.8 Å². The number of rotatable bonds is 4. The van der Waals surface area contributed by atoms with Crippen molar-refractivity contribution < 1.29 is 9.47 Å². The first-order valence-corrected chi connectivity index (χ1v) is 6.52. The summed E-state index contributed by atoms with van der Waals surface area (Å²) < 4.78 is 12.4. The zero-order valence-electron chi connectivity index (χ0n) is 12.3. The second kappa shape index (κ2) is 6.64. The van der Waals surface area contributed by atoms with E-state index in [0.29, 0.717) is 6.54 Å². The highest BCUT2D eigenvalue weighted by Gasteiger charge is 2.11. The van der Waals surface area contributed by atoms with E-state index in [1.807, 2.05) is 30.3 Å². The van der Waals surface area contributed by atoms with Crippen LogP contribution < -0.4 is 15.2 Å². The molecule has 0 spiro atoms. The van der Waals surface area contributed by atoms with Gasteiger partial charge in [-0.15, -0.1) is 12.4 Å². The number of ether oxygens (including phenoxy) is 2. The van der Waals surface area contributed by atoms with Gasteiger partial charge in [0.2, 0.25) is 0 Å². The summed E-state index contributed by atoms with van der Waals surface area (Å²) in [6, 6.07) is 9.46. The number of aromatic nitrogens is 3. The second-order valence-electron chi connectivity index (χ2n) is 4.54. The van der Waals surface area contributed by atoms with Gasteiger partial charge in [-0.2, -0.15) is 5.10 Å². The minimum absolute atomic E-state index is 0. The van der Waals surface area contributed by atoms with E-state index in [0.717, 1.165) is 34.1 Å². The quantitative estimate of drug-likeness (QED) is 0.798. The molecule has 0 saturated carbocycles. The molecule has 7 heteroatoms. The Morgan fingerprint density at radius 1 is 1.09 bits per heavy atom. The van der Waals surface area contributed by atoms with E-state index in [-0.39, 0.29) is 12.4 Å². The van der Waals surface area contributed by atoms with Gasteiger partial charge >= 0.3 is 0 Å². The summed E-state index contributed by atoms with van der Waals surface area (Å²) in [6.07, 6.45) is 1.71. The van der Waals surface area contributed by atoms with E-state index >= 15 is 0 Å². The van der Waals surface area contributed by atoms with Crippen LogP contribution in [0.4, 0.5) is 0 Å². The van der Waals surface area contributed by atoms with Crippen LogP contribution in [0.25, 0.3) is 16.9 Å². The Kier molecular flexibility index (Phi) is 4.85. The van der Waals surface area contributed by atoms with Gasteiger partial charge in [0, 0.05) is 24.2 Å². The summed E-state index contributed by atoms with van der Waals surface area (Å²) in [4.78, 5) is 4.44. The van der Waals surface area contributed by atoms with Crippen molar-refractivity contribution in [3.63, 3.8) is 0 Å². The first-order chi connectivity index (χ1) is 10.2. The number of methoxy groups -OCH3 is 2. The fourth-order valence-corrected chi connectivity index (χ4v) is 2.23. The highest BCUT2D eigenvalue weighted by Crippen LogP contribution is 2.30. The molecule has 116 valence electrons. The first-order valence-electron chi connectivity index (χ1n) is 6.52. The summed E-state index contributed by atoms with van der Waals surface area (Å²) in [7, 11) is 3.25. The van der Waals surface area contributed by atoms with Gasteiger partial charge in [-0.25, -0.2) is 9.50 Å². The van der Waals surface area contributed by atoms with Gasteiger partial charge < -0.3 is 15.2 Å². The highest BCUT2D eigenvalue weighted by atomic mass is 35.5. The molecule has 0 saturated heterocycles. The molecule has 2 N–H and O–H groups in total. The van der Waals surface area contributed by atoms with Crippen molar-refractivity contribution in [2.45, 2.75) is 6.54 Å². The summed E-state index contributed by atoms with van der Waals surface area (Å²) in [6.45, 7) is 0.371. The maximum absolute atomic E-state index is 5.73. The molecule has 1 aromatic carbocycles. The molecule has 0 aliphatic carbocycles. The van der Waals surface area contributed by atoms with E-state index in [1.54, 1.807) is 24.9 Å². The molecule has 3 aromatic rings. The lowest BCUT2D eigenvalue weighted by Crippen LogP contribution is -2.04. The lowest BCUT2D eigenvalue weighted by Gasteiger charge is -2.11. The largest absolute Gasteiger partial charge is 0.497 e. The van der Waals surface area contributed by atoms with Crippen LogP contribution >= 0.6 is 12.4 Å². The second-order valence-corrected chi connectivity index (χ2v) is 4.54. The number of fused-ring (bicyclic) bond motifs is 1. The topological polar surface area (TPSA) is 74.7 Å². The van der Waals surface area contributed by atoms with Crippen molar-refractivity contribution in [3.05, 3.63) is 42.2 Å². The number of nitrogens with two attached hydrogens (primary N) is 1. The summed E-state index contributed by atoms with van der Waals surface area (Å²) in [5.41, 5.74) is 9.11. The number of benzene rings is 1. The third-order valence-corrected chi connectivity index (χ3v) is 3.27. The van der Waals surface area contributed by atoms with Crippen LogP contribution in [-0.4, -0.2) is 28.8 Å². The smallest absolute Gasteiger partial charge is 0.155 e. The zero-order valence-corrected chi connectivity index (χ0v) is 13.1. The van der Waals surface area contributed by atoms with Crippen molar-refractivity contribution in [2.75, 3.05) is 14.2 Å². The summed E-state index contributed by atoms with van der Waals surface area (Å²) in [5, 5.41) is 4.31. The van der Waals surface area contributed by atoms with Crippen molar-refractivity contribution in [2.24, 2.45) is 5.73 Å². The minimum Gasteiger partial charge on any atom is -0.497 e. The standard InChI is InChI=1S/C15H16N4O2.ClH/c1-20-12-5-10(6-13(8-12)21-2)14-7-11(9-16)18-15-3-4-17-19(14)15;/h3-8H,9,16H2,1-2H3;1H. The zero-order chi connectivity index (χ0) is 14.8. The molecule has 0 amide bonds. The van der Waals surface area contributed by atoms with Crippen LogP contribution in [0.15, 0.2) is 36.5 Å². The summed E-state index contributed by atoms with van der Waals surface area (Å²) in [5.74, 6) is 1.44. The molecule has 2 aromatic heterocycles. The molecule has 22 heavy (non-hydrogen) atoms. The molecule has 0 radical (unpaired) electrons. The van der Waals surface area contributed by atoms with E-state index in [9.17, 15) is 0 Å². The Balaban J connectivity index is 0.00000176. The van der Waals surface area contributed by atoms with Gasteiger partial charge in [-0.05, 0) is 18.2 Å². The molecule has 0 bridgehead atoms. The van der Waals surface area contributed by atoms with E-state index < -0.39 is 0 Å². The molecule has 0 unspecified atom stereocenters. The van der Waals surface area contributed by atoms with Crippen LogP contribution in [-0.2, 0) is 6.54 Å². The minimum atomic E-state index is 0. The fraction of sp³-hybridized carbons (Fsp3) is 0.200. The van der Waals surface area contributed by atoms with E-state index in [4.69, 9.17) is 15.2 Å². The molecule has 0 aliphatic rings. The predicted molar refractivity (Wildman–Crippen MR) is 86.7 cm³/mol. The molecular formula is C15H17ClN4O2. The Morgan fingerprint density at radius 2 is 1.77 bits per heavy atom. The van der Waals surface area contributed by atoms with E-state index in [2.05, 4.69) is 10.1 Å². The van der Waals surface area contributed by atoms with Crippen molar-refractivity contribution in [3.8, 4) is 22.8 Å². The van der Waals surface area contributed by atoms with Crippen LogP contribution in [0.1, 0.15) is 5.69 Å². The van der Waals surface area contributed by atoms with Crippen LogP contribution in [0.3, 0.4) is 0 Å². The molecular weight excluding hydrogens is 304 g/mol. The van der Waals surface area contributed by atoms with Gasteiger partial charge in [0.15, 0.2) is 5.65 Å². The lowest BCUT2D eigenvalue weighted by atomic mass is 10.1. The van der Waals surface area contributed by atoms with Crippen molar-refractivity contribution in [1.29, 1.82) is 0 Å². The number of hydrogen-bond acceptors (Lipinski definition) is 5. The van der Waals surface area contributed by atoms with Gasteiger partial charge in [0.25, 0.3) is 0 Å². The SMILES string of the molecule is COc1cc(OC)cc(-c2cc(CN)nc3ccnn23)c1.Cl. The number of halogens is 1. The Hall–Kier alpha value is -2.31. The van der Waals surface area contributed by atoms with Crippen LogP contribution in [0.5, 0.6) is 11.5 Å². The average molecular weight is 321 g/mol. The summed E-state index contributed by atoms with van der Waals surface area (Å²) >= 11 is 0. The molecule has 0 atom stereocenters. The highest BCUT2D eigenvalue weighted by molar-refractivity contribution is 5.85. The van der Waals surface area contributed by atoms with Gasteiger partial charge in [0.1, 0.15) is 11.5 Å².